The maximum Gasteiger partial charge on any atom is 0.301 e. The van der Waals surface area contributed by atoms with Gasteiger partial charge < -0.3 is 9.84 Å². The third kappa shape index (κ3) is 5.55. The number of amides is 1. The number of aliphatic hydroxyl groups excluding tert-OH is 1. The quantitative estimate of drug-likeness (QED) is 0.0595. The maximum atomic E-state index is 13.9. The molecule has 1 atom stereocenters. The van der Waals surface area contributed by atoms with Crippen molar-refractivity contribution < 1.29 is 19.4 Å². The third-order valence-electron chi connectivity index (χ3n) is 7.61. The fourth-order valence-electron chi connectivity index (χ4n) is 5.43. The molecule has 1 fully saturated rings. The second kappa shape index (κ2) is 12.3. The number of Topliss-reactive ketones (excluding diaryl/α,β-unsaturated/α-hetero) is 1. The number of ketones is 1. The highest BCUT2D eigenvalue weighted by Gasteiger charge is 2.49. The Hall–Kier alpha value is -5.26. The third-order valence-corrected chi connectivity index (χ3v) is 9.74. The molecule has 9 nitrogen and oxygen atoms in total. The van der Waals surface area contributed by atoms with Crippen molar-refractivity contribution in [1.29, 1.82) is 0 Å². The lowest BCUT2D eigenvalue weighted by Gasteiger charge is -2.23. The van der Waals surface area contributed by atoms with E-state index >= 15 is 0 Å². The van der Waals surface area contributed by atoms with Crippen LogP contribution in [0.15, 0.2) is 113 Å². The van der Waals surface area contributed by atoms with E-state index in [2.05, 4.69) is 39.4 Å². The lowest BCUT2D eigenvalue weighted by Crippen LogP contribution is -2.29. The lowest BCUT2D eigenvalue weighted by molar-refractivity contribution is -0.132. The fraction of sp³-hybridized carbons (Fsp3) is 0.114. The van der Waals surface area contributed by atoms with Crippen LogP contribution in [0.4, 0.5) is 5.13 Å². The van der Waals surface area contributed by atoms with Crippen LogP contribution in [-0.2, 0) is 15.3 Å². The Kier molecular flexibility index (Phi) is 7.85. The van der Waals surface area contributed by atoms with Gasteiger partial charge in [0.25, 0.3) is 5.78 Å². The summed E-state index contributed by atoms with van der Waals surface area (Å²) in [6, 6.07) is 29.1. The van der Waals surface area contributed by atoms with E-state index in [9.17, 15) is 14.7 Å². The second-order valence-corrected chi connectivity index (χ2v) is 12.9. The van der Waals surface area contributed by atoms with Crippen LogP contribution in [0.1, 0.15) is 34.1 Å². The Bertz CT molecular complexity index is 2120. The van der Waals surface area contributed by atoms with Crippen LogP contribution in [0.3, 0.4) is 0 Å². The highest BCUT2D eigenvalue weighted by atomic mass is 32.2. The minimum atomic E-state index is -1.00. The number of hydrogen-bond donors (Lipinski definition) is 1. The molecule has 1 N–H and O–H groups in total. The van der Waals surface area contributed by atoms with Gasteiger partial charge in [-0.25, -0.2) is 4.98 Å². The first kappa shape index (κ1) is 29.5. The fourth-order valence-corrected chi connectivity index (χ4v) is 7.26. The number of aryl methyl sites for hydroxylation is 2. The summed E-state index contributed by atoms with van der Waals surface area (Å²) < 4.78 is 8.45. The number of aliphatic hydroxyl groups is 1. The number of rotatable bonds is 8. The van der Waals surface area contributed by atoms with E-state index in [-0.39, 0.29) is 16.5 Å². The second-order valence-electron chi connectivity index (χ2n) is 10.8. The number of nitrogens with zero attached hydrogens (tertiary/aromatic N) is 5. The van der Waals surface area contributed by atoms with Gasteiger partial charge in [-0.2, -0.15) is 0 Å². The average molecular weight is 646 g/mol. The topological polar surface area (TPSA) is 110 Å². The van der Waals surface area contributed by atoms with E-state index in [1.54, 1.807) is 47.9 Å². The zero-order chi connectivity index (χ0) is 31.8. The Balaban J connectivity index is 1.32. The largest absolute Gasteiger partial charge is 0.505 e. The minimum Gasteiger partial charge on any atom is -0.505 e. The Morgan fingerprint density at radius 3 is 2.48 bits per heavy atom. The van der Waals surface area contributed by atoms with Gasteiger partial charge in [-0.3, -0.25) is 18.9 Å². The summed E-state index contributed by atoms with van der Waals surface area (Å²) in [6.45, 7) is 3.79. The number of imidazole rings is 1. The summed E-state index contributed by atoms with van der Waals surface area (Å²) in [5.41, 5.74) is 4.25. The summed E-state index contributed by atoms with van der Waals surface area (Å²) in [6.07, 6.45) is 1.76. The normalized spacial score (nSPS) is 16.0. The van der Waals surface area contributed by atoms with Crippen LogP contribution in [0.25, 0.3) is 11.4 Å². The average Bonchev–Trinajstić information content (AvgIpc) is 3.74. The number of carbonyl (C=O) groups is 2. The summed E-state index contributed by atoms with van der Waals surface area (Å²) >= 11 is 2.72. The van der Waals surface area contributed by atoms with Crippen molar-refractivity contribution in [3.8, 4) is 11.5 Å². The Morgan fingerprint density at radius 2 is 1.67 bits per heavy atom. The van der Waals surface area contributed by atoms with Crippen molar-refractivity contribution in [2.24, 2.45) is 0 Å². The van der Waals surface area contributed by atoms with Crippen LogP contribution in [0.5, 0.6) is 11.5 Å². The van der Waals surface area contributed by atoms with Gasteiger partial charge in [0.2, 0.25) is 5.13 Å². The monoisotopic (exact) mass is 645 g/mol. The predicted octanol–water partition coefficient (Wildman–Crippen LogP) is 7.51. The van der Waals surface area contributed by atoms with Crippen molar-refractivity contribution in [3.05, 3.63) is 137 Å². The smallest absolute Gasteiger partial charge is 0.301 e. The molecule has 6 aromatic rings. The number of hydrogen-bond acceptors (Lipinski definition) is 9. The lowest BCUT2D eigenvalue weighted by atomic mass is 9.96. The first-order valence-electron chi connectivity index (χ1n) is 14.5. The molecule has 228 valence electrons. The molecule has 46 heavy (non-hydrogen) atoms. The molecule has 11 heteroatoms. The van der Waals surface area contributed by atoms with Crippen molar-refractivity contribution in [1.82, 2.24) is 19.6 Å². The molecule has 1 unspecified atom stereocenters. The number of pyridine rings is 1. The van der Waals surface area contributed by atoms with Crippen molar-refractivity contribution in [3.63, 3.8) is 0 Å². The predicted molar refractivity (Wildman–Crippen MR) is 178 cm³/mol. The van der Waals surface area contributed by atoms with Crippen molar-refractivity contribution >= 4 is 51.3 Å². The maximum absolute atomic E-state index is 13.9. The number of anilines is 1. The molecular weight excluding hydrogens is 619 g/mol. The number of benzene rings is 3. The Morgan fingerprint density at radius 1 is 0.913 bits per heavy atom. The van der Waals surface area contributed by atoms with Gasteiger partial charge in [-0.1, -0.05) is 89.3 Å². The zero-order valence-corrected chi connectivity index (χ0v) is 26.5. The molecule has 1 aliphatic rings. The first-order valence-corrected chi connectivity index (χ1v) is 16.3. The molecule has 0 bridgehead atoms. The highest BCUT2D eigenvalue weighted by molar-refractivity contribution is 8.00. The molecule has 1 amide bonds. The first-order chi connectivity index (χ1) is 22.4. The molecule has 0 spiro atoms. The number of ether oxygens (including phenoxy) is 1. The van der Waals surface area contributed by atoms with E-state index in [0.717, 1.165) is 5.56 Å². The van der Waals surface area contributed by atoms with Gasteiger partial charge >= 0.3 is 5.91 Å². The molecule has 0 radical (unpaired) electrons. The number of aromatic nitrogens is 4. The molecule has 0 aliphatic carbocycles. The molecule has 7 rings (SSSR count). The van der Waals surface area contributed by atoms with E-state index in [4.69, 9.17) is 4.74 Å². The summed E-state index contributed by atoms with van der Waals surface area (Å²) in [5.74, 6) is -0.148. The van der Waals surface area contributed by atoms with Gasteiger partial charge in [0.05, 0.1) is 17.3 Å². The summed E-state index contributed by atoms with van der Waals surface area (Å²) in [7, 11) is 0. The van der Waals surface area contributed by atoms with Crippen LogP contribution in [-0.4, -0.2) is 36.4 Å². The molecule has 1 aliphatic heterocycles. The summed E-state index contributed by atoms with van der Waals surface area (Å²) in [5, 5.41) is 20.8. The number of carbonyl (C=O) groups excluding carboxylic acids is 2. The van der Waals surface area contributed by atoms with Gasteiger partial charge in [0.1, 0.15) is 22.8 Å². The number of fused-ring (bicyclic) bond motifs is 1. The van der Waals surface area contributed by atoms with Gasteiger partial charge in [-0.05, 0) is 61.4 Å². The SMILES string of the molecule is Cc1ccc(CSc2nnc(N3C(=O)C(=O)/C(=C(/O)c4c(C)nc5ccccn45)C3c3cccc(Oc4ccccc4)c3)s2)cc1. The molecule has 3 aromatic carbocycles. The molecule has 3 aromatic heterocycles. The van der Waals surface area contributed by atoms with Crippen LogP contribution in [0, 0.1) is 13.8 Å². The van der Waals surface area contributed by atoms with Crippen LogP contribution < -0.4 is 9.64 Å². The highest BCUT2D eigenvalue weighted by Crippen LogP contribution is 2.45. The molecule has 4 heterocycles. The van der Waals surface area contributed by atoms with E-state index in [1.165, 1.54) is 33.6 Å². The van der Waals surface area contributed by atoms with Crippen molar-refractivity contribution in [2.45, 2.75) is 30.0 Å². The zero-order valence-electron chi connectivity index (χ0n) is 24.8. The van der Waals surface area contributed by atoms with Crippen molar-refractivity contribution in [2.75, 3.05) is 4.90 Å². The number of thioether (sulfide) groups is 1. The number of para-hydroxylation sites is 1. The summed E-state index contributed by atoms with van der Waals surface area (Å²) in [4.78, 5) is 33.6. The Labute approximate surface area is 272 Å². The van der Waals surface area contributed by atoms with Gasteiger partial charge in [0.15, 0.2) is 10.1 Å². The van der Waals surface area contributed by atoms with Gasteiger partial charge in [-0.15, -0.1) is 10.2 Å². The van der Waals surface area contributed by atoms with Gasteiger partial charge in [0, 0.05) is 11.9 Å². The van der Waals surface area contributed by atoms with E-state index in [0.29, 0.717) is 44.2 Å². The van der Waals surface area contributed by atoms with Crippen LogP contribution in [0.2, 0.25) is 0 Å². The molecular formula is C35H27N5O4S2. The van der Waals surface area contributed by atoms with E-state index < -0.39 is 17.7 Å². The van der Waals surface area contributed by atoms with E-state index in [1.807, 2.05) is 49.4 Å². The molecule has 0 saturated carbocycles. The molecule has 1 saturated heterocycles. The van der Waals surface area contributed by atoms with Crippen LogP contribution >= 0.6 is 23.1 Å². The minimum absolute atomic E-state index is 0.0697. The standard InChI is InChI=1S/C35H27N5O4S2/c1-21-14-16-23(17-15-21)20-45-35-38-37-34(46-35)40-30(24-9-8-12-26(19-24)44-25-10-4-3-5-11-25)28(32(42)33(40)43)31(41)29-22(2)36-27-13-6-7-18-39(27)29/h3-19,30,41H,20H2,1-2H3/b31-28+.